The van der Waals surface area contributed by atoms with Crippen LogP contribution in [0.5, 0.6) is 0 Å². The van der Waals surface area contributed by atoms with Gasteiger partial charge >= 0.3 is 41.5 Å². The van der Waals surface area contributed by atoms with E-state index in [1.807, 2.05) is 13.8 Å². The van der Waals surface area contributed by atoms with Crippen LogP contribution in [0.4, 0.5) is 0 Å². The van der Waals surface area contributed by atoms with E-state index in [0.717, 1.165) is 51.4 Å². The summed E-state index contributed by atoms with van der Waals surface area (Å²) in [5, 5.41) is -0.397. The van der Waals surface area contributed by atoms with E-state index in [-0.39, 0.29) is 71.3 Å². The van der Waals surface area contributed by atoms with Crippen molar-refractivity contribution in [2.45, 2.75) is 212 Å². The van der Waals surface area contributed by atoms with E-state index in [1.165, 1.54) is 109 Å². The molecule has 53 heavy (non-hydrogen) atoms. The van der Waals surface area contributed by atoms with Gasteiger partial charge in [-0.15, -0.1) is 4.44 Å². The Bertz CT molecular complexity index is 1040. The van der Waals surface area contributed by atoms with Gasteiger partial charge < -0.3 is 10.9 Å². The van der Waals surface area contributed by atoms with Crippen molar-refractivity contribution in [3.05, 3.63) is 22.7 Å². The van der Waals surface area contributed by atoms with Gasteiger partial charge in [-0.3, -0.25) is 14.1 Å². The summed E-state index contributed by atoms with van der Waals surface area (Å²) in [5.41, 5.74) is 0. The molecule has 0 aromatic carbocycles. The smallest absolute Gasteiger partial charge is 1.00 e. The Hall–Kier alpha value is -0.138. The maximum atomic E-state index is 12.2. The summed E-state index contributed by atoms with van der Waals surface area (Å²) < 4.78 is 44.5. The summed E-state index contributed by atoms with van der Waals surface area (Å²) >= 11 is 0.122. The number of allylic oxidation sites excluding steroid dienone is 4. The number of unbranched alkanes of at least 4 members (excludes halogenated alkanes) is 17. The van der Waals surface area contributed by atoms with Gasteiger partial charge in [0.15, 0.2) is 5.25 Å². The minimum atomic E-state index is -4.76. The average molecular weight is 793 g/mol. The molecule has 0 saturated heterocycles. The van der Waals surface area contributed by atoms with Gasteiger partial charge in [-0.1, -0.05) is 199 Å². The molecule has 0 spiro atoms. The third-order valence-corrected chi connectivity index (χ3v) is 13.6. The van der Waals surface area contributed by atoms with Gasteiger partial charge in [-0.05, 0) is 31.1 Å². The van der Waals surface area contributed by atoms with Crippen molar-refractivity contribution in [2.75, 3.05) is 13.2 Å². The first-order chi connectivity index (χ1) is 25.1. The van der Waals surface area contributed by atoms with Crippen LogP contribution in [0.1, 0.15) is 203 Å². The Labute approximate surface area is 357 Å². The Morgan fingerprint density at radius 3 is 1.53 bits per heavy atom. The largest absolute Gasteiger partial charge is 1.00 e. The maximum absolute atomic E-state index is 12.2. The summed E-state index contributed by atoms with van der Waals surface area (Å²) in [5.74, 6) is -1.61. The van der Waals surface area contributed by atoms with Gasteiger partial charge in [0.25, 0.3) is 25.3 Å². The molecule has 1 N–H and O–H groups in total. The van der Waals surface area contributed by atoms with E-state index in [0.29, 0.717) is 0 Å². The second-order valence-electron chi connectivity index (χ2n) is 15.2. The molecule has 10 heteroatoms. The number of rotatable bonds is 34. The first-order valence-corrected chi connectivity index (χ1v) is 25.0. The van der Waals surface area contributed by atoms with Gasteiger partial charge in [-0.2, -0.15) is 8.42 Å². The third-order valence-electron chi connectivity index (χ3n) is 10.5. The van der Waals surface area contributed by atoms with Crippen LogP contribution in [0.15, 0.2) is 22.7 Å². The third kappa shape index (κ3) is 33.7. The van der Waals surface area contributed by atoms with Crippen LogP contribution < -0.4 is 29.6 Å². The van der Waals surface area contributed by atoms with Crippen LogP contribution >= 0.6 is 0 Å². The summed E-state index contributed by atoms with van der Waals surface area (Å²) in [4.78, 5) is 24.2. The molecular formula is C43H82AlNaO7S. The van der Waals surface area contributed by atoms with Crippen molar-refractivity contribution in [3.8, 4) is 0 Å². The van der Waals surface area contributed by atoms with Crippen LogP contribution in [0.25, 0.3) is 0 Å². The Kier molecular flexibility index (Phi) is 40.2. The second-order valence-corrected chi connectivity index (χ2v) is 18.9. The van der Waals surface area contributed by atoms with E-state index in [1.54, 1.807) is 9.72 Å². The molecule has 0 amide bonds. The molecular weight excluding hydrogens is 711 g/mol. The summed E-state index contributed by atoms with van der Waals surface area (Å²) in [7, 11) is -4.76. The SMILES string of the molecule is CCCCC(CC)COC(=O)CC(C(=O)OCC(CC)CCCC)S(=O)(=O)O.CCCCCCCCCCCCCCCCC[CH2][AlH][C]1=CC=CC1.[H-].[Na+]. The van der Waals surface area contributed by atoms with Gasteiger partial charge in [-0.25, -0.2) is 0 Å². The molecule has 3 unspecified atom stereocenters. The van der Waals surface area contributed by atoms with Crippen LogP contribution in [0, 0.1) is 11.8 Å². The molecule has 0 bridgehead atoms. The number of hydrogen-bond acceptors (Lipinski definition) is 6. The van der Waals surface area contributed by atoms with Crippen LogP contribution in [0.3, 0.4) is 0 Å². The molecule has 1 aliphatic rings. The van der Waals surface area contributed by atoms with E-state index < -0.39 is 33.7 Å². The zero-order chi connectivity index (χ0) is 38.7. The van der Waals surface area contributed by atoms with Gasteiger partial charge in [0.2, 0.25) is 0 Å². The number of carbonyl (C=O) groups is 2. The molecule has 3 atom stereocenters. The molecule has 306 valence electrons. The Morgan fingerprint density at radius 2 is 1.13 bits per heavy atom. The molecule has 0 fully saturated rings. The molecule has 0 aromatic rings. The summed E-state index contributed by atoms with van der Waals surface area (Å²) in [6.45, 7) is 10.7. The normalized spacial score (nSPS) is 14.0. The first-order valence-electron chi connectivity index (χ1n) is 21.8. The van der Waals surface area contributed by atoms with Crippen LogP contribution in [-0.2, 0) is 29.2 Å². The molecule has 0 heterocycles. The summed E-state index contributed by atoms with van der Waals surface area (Å²) in [6, 6.07) is 0. The van der Waals surface area contributed by atoms with Crippen molar-refractivity contribution in [2.24, 2.45) is 11.8 Å². The van der Waals surface area contributed by atoms with E-state index >= 15 is 0 Å². The number of ether oxygens (including phenoxy) is 2. The zero-order valence-corrected chi connectivity index (χ0v) is 39.7. The molecule has 0 saturated carbocycles. The van der Waals surface area contributed by atoms with Crippen LogP contribution in [-0.4, -0.2) is 58.6 Å². The van der Waals surface area contributed by atoms with Crippen molar-refractivity contribution in [1.82, 2.24) is 0 Å². The second kappa shape index (κ2) is 38.7. The van der Waals surface area contributed by atoms with Crippen molar-refractivity contribution in [3.63, 3.8) is 0 Å². The molecule has 0 aromatic heterocycles. The van der Waals surface area contributed by atoms with Gasteiger partial charge in [0.05, 0.1) is 19.6 Å². The standard InChI is InChI=1S/C20H38O7S.C18H37.C5H5.Al.Na.2H/c1-5-9-11-16(7-3)14-26-19(21)13-18(28(23,24)25)20(22)27-15-17(8-4)12-10-6-2;1-3-5-7-9-11-13-15-17-18-16-14-12-10-8-6-4-2;1-2-4-5-3-1;;;;/h16-18H,5-15H2,1-4H3,(H,23,24,25);1,3-18H2,2H3;1-3H,4H2;;;;/q;;;;+1;;-1. The van der Waals surface area contributed by atoms with Gasteiger partial charge in [0.1, 0.15) is 0 Å². The number of carbonyl (C=O) groups excluding carboxylic acids is 2. The van der Waals surface area contributed by atoms with E-state index in [9.17, 15) is 22.6 Å². The monoisotopic (exact) mass is 793 g/mol. The fraction of sp³-hybridized carbons (Fsp3) is 0.860. The minimum absolute atomic E-state index is 0. The fourth-order valence-electron chi connectivity index (χ4n) is 6.57. The topological polar surface area (TPSA) is 107 Å². The van der Waals surface area contributed by atoms with E-state index in [4.69, 9.17) is 9.47 Å². The van der Waals surface area contributed by atoms with Crippen LogP contribution in [0.2, 0.25) is 5.28 Å². The molecule has 0 aliphatic heterocycles. The zero-order valence-electron chi connectivity index (χ0n) is 36.5. The number of esters is 2. The summed E-state index contributed by atoms with van der Waals surface area (Å²) in [6.07, 6.45) is 38.6. The predicted molar refractivity (Wildman–Crippen MR) is 223 cm³/mol. The van der Waals surface area contributed by atoms with Crippen molar-refractivity contribution in [1.29, 1.82) is 0 Å². The molecule has 7 nitrogen and oxygen atoms in total. The quantitative estimate of drug-likeness (QED) is 0.0300. The van der Waals surface area contributed by atoms with E-state index in [2.05, 4.69) is 39.0 Å². The van der Waals surface area contributed by atoms with Crippen molar-refractivity contribution < 1.29 is 63.0 Å². The predicted octanol–water partition coefficient (Wildman–Crippen LogP) is 9.22. The minimum Gasteiger partial charge on any atom is -1.00 e. The Morgan fingerprint density at radius 1 is 0.698 bits per heavy atom. The maximum Gasteiger partial charge on any atom is 1.00 e. The fourth-order valence-corrected chi connectivity index (χ4v) is 8.96. The van der Waals surface area contributed by atoms with Gasteiger partial charge in [0, 0.05) is 0 Å². The van der Waals surface area contributed by atoms with Crippen molar-refractivity contribution >= 4 is 37.3 Å². The molecule has 1 rings (SSSR count). The first kappa shape index (κ1) is 55.0. The Balaban J connectivity index is -0.000000938. The number of hydrogen-bond donors (Lipinski definition) is 1. The molecule has 0 radical (unpaired) electrons. The average Bonchev–Trinajstić information content (AvgIpc) is 3.65. The molecule has 1 aliphatic carbocycles.